The molecule has 4 heterocycles. The van der Waals surface area contributed by atoms with Gasteiger partial charge in [0.25, 0.3) is 0 Å². The van der Waals surface area contributed by atoms with Gasteiger partial charge in [0.2, 0.25) is 5.91 Å². The first-order chi connectivity index (χ1) is 13.2. The quantitative estimate of drug-likeness (QED) is 0.713. The molecule has 1 aliphatic heterocycles. The number of rotatable bonds is 3. The summed E-state index contributed by atoms with van der Waals surface area (Å²) >= 11 is 0. The number of hydrogen-bond acceptors (Lipinski definition) is 5. The van der Waals surface area contributed by atoms with Gasteiger partial charge in [0.05, 0.1) is 30.4 Å². The SMILES string of the molecule is C1CC1.CCn1cc(-c2cn3nccc3c(N3CCC(C#N)C3=O)n2)cn1. The van der Waals surface area contributed by atoms with Crippen LogP contribution in [0.25, 0.3) is 16.8 Å². The van der Waals surface area contributed by atoms with E-state index in [1.54, 1.807) is 21.8 Å². The van der Waals surface area contributed by atoms with Crippen LogP contribution in [0.4, 0.5) is 5.82 Å². The standard InChI is InChI=1S/C16H15N7O.C3H6/c1-2-21-9-12(8-19-21)13-10-23-14(3-5-18-23)15(20-13)22-6-4-11(7-17)16(22)24;1-2-3-1/h3,5,8-11H,2,4,6H2,1H3;1-3H2. The van der Waals surface area contributed by atoms with Gasteiger partial charge < -0.3 is 0 Å². The summed E-state index contributed by atoms with van der Waals surface area (Å²) in [5, 5.41) is 17.6. The summed E-state index contributed by atoms with van der Waals surface area (Å²) in [6, 6.07) is 3.87. The monoisotopic (exact) mass is 363 g/mol. The number of hydrogen-bond donors (Lipinski definition) is 0. The summed E-state index contributed by atoms with van der Waals surface area (Å²) in [7, 11) is 0. The summed E-state index contributed by atoms with van der Waals surface area (Å²) < 4.78 is 3.52. The number of amides is 1. The highest BCUT2D eigenvalue weighted by atomic mass is 16.2. The van der Waals surface area contributed by atoms with Crippen LogP contribution in [0.2, 0.25) is 0 Å². The molecule has 0 spiro atoms. The van der Waals surface area contributed by atoms with Crippen molar-refractivity contribution in [2.45, 2.75) is 39.2 Å². The van der Waals surface area contributed by atoms with Gasteiger partial charge in [-0.25, -0.2) is 9.50 Å². The largest absolute Gasteiger partial charge is 0.294 e. The molecule has 1 unspecified atom stereocenters. The van der Waals surface area contributed by atoms with E-state index in [0.29, 0.717) is 24.5 Å². The van der Waals surface area contributed by atoms with Gasteiger partial charge in [0, 0.05) is 24.8 Å². The first-order valence-corrected chi connectivity index (χ1v) is 9.29. The lowest BCUT2D eigenvalue weighted by Crippen LogP contribution is -2.28. The van der Waals surface area contributed by atoms with E-state index >= 15 is 0 Å². The molecule has 8 heteroatoms. The zero-order valence-corrected chi connectivity index (χ0v) is 15.2. The fourth-order valence-corrected chi connectivity index (χ4v) is 2.93. The van der Waals surface area contributed by atoms with E-state index in [9.17, 15) is 4.79 Å². The van der Waals surface area contributed by atoms with Crippen LogP contribution in [-0.2, 0) is 11.3 Å². The Morgan fingerprint density at radius 2 is 2.07 bits per heavy atom. The van der Waals surface area contributed by atoms with Crippen molar-refractivity contribution in [3.63, 3.8) is 0 Å². The number of carbonyl (C=O) groups excluding carboxylic acids is 1. The fourth-order valence-electron chi connectivity index (χ4n) is 2.93. The summed E-state index contributed by atoms with van der Waals surface area (Å²) in [6.45, 7) is 3.27. The van der Waals surface area contributed by atoms with Gasteiger partial charge in [-0.15, -0.1) is 0 Å². The number of aromatic nitrogens is 5. The summed E-state index contributed by atoms with van der Waals surface area (Å²) in [6.07, 6.45) is 12.2. The number of nitriles is 1. The fraction of sp³-hybridized carbons (Fsp3) is 0.421. The predicted molar refractivity (Wildman–Crippen MR) is 99.8 cm³/mol. The van der Waals surface area contributed by atoms with Crippen LogP contribution >= 0.6 is 0 Å². The maximum Gasteiger partial charge on any atom is 0.245 e. The van der Waals surface area contributed by atoms with E-state index in [2.05, 4.69) is 21.3 Å². The predicted octanol–water partition coefficient (Wildman–Crippen LogP) is 2.66. The summed E-state index contributed by atoms with van der Waals surface area (Å²) in [5.41, 5.74) is 2.29. The highest BCUT2D eigenvalue weighted by Crippen LogP contribution is 2.29. The molecule has 0 radical (unpaired) electrons. The van der Waals surface area contributed by atoms with Crippen molar-refractivity contribution >= 4 is 17.2 Å². The molecule has 5 rings (SSSR count). The Labute approximate surface area is 157 Å². The number of fused-ring (bicyclic) bond motifs is 1. The molecule has 3 aromatic rings. The molecule has 138 valence electrons. The first kappa shape index (κ1) is 17.2. The molecule has 2 aliphatic rings. The minimum absolute atomic E-state index is 0.200. The average molecular weight is 363 g/mol. The van der Waals surface area contributed by atoms with Crippen molar-refractivity contribution in [2.24, 2.45) is 5.92 Å². The molecule has 1 saturated heterocycles. The molecule has 2 fully saturated rings. The normalized spacial score (nSPS) is 18.3. The van der Waals surface area contributed by atoms with Crippen molar-refractivity contribution in [1.29, 1.82) is 5.26 Å². The Morgan fingerprint density at radius 3 is 2.70 bits per heavy atom. The van der Waals surface area contributed by atoms with Gasteiger partial charge in [0.1, 0.15) is 11.4 Å². The van der Waals surface area contributed by atoms with Crippen molar-refractivity contribution in [1.82, 2.24) is 24.4 Å². The van der Waals surface area contributed by atoms with Crippen LogP contribution in [0.5, 0.6) is 0 Å². The Bertz CT molecular complexity index is 1010. The molecule has 1 aliphatic carbocycles. The molecule has 0 aromatic carbocycles. The second-order valence-corrected chi connectivity index (χ2v) is 6.72. The highest BCUT2D eigenvalue weighted by Gasteiger charge is 2.34. The molecule has 27 heavy (non-hydrogen) atoms. The molecule has 1 saturated carbocycles. The van der Waals surface area contributed by atoms with Gasteiger partial charge in [-0.2, -0.15) is 15.5 Å². The van der Waals surface area contributed by atoms with Gasteiger partial charge in [-0.3, -0.25) is 14.4 Å². The van der Waals surface area contributed by atoms with Crippen LogP contribution in [-0.4, -0.2) is 36.8 Å². The topological polar surface area (TPSA) is 92.1 Å². The Kier molecular flexibility index (Phi) is 4.59. The minimum atomic E-state index is -0.596. The number of anilines is 1. The molecular weight excluding hydrogens is 342 g/mol. The molecule has 8 nitrogen and oxygen atoms in total. The molecule has 1 atom stereocenters. The first-order valence-electron chi connectivity index (χ1n) is 9.29. The second-order valence-electron chi connectivity index (χ2n) is 6.72. The lowest BCUT2D eigenvalue weighted by molar-refractivity contribution is -0.119. The van der Waals surface area contributed by atoms with Crippen LogP contribution in [0.15, 0.2) is 30.9 Å². The zero-order chi connectivity index (χ0) is 18.8. The van der Waals surface area contributed by atoms with Crippen molar-refractivity contribution in [2.75, 3.05) is 11.4 Å². The Morgan fingerprint density at radius 1 is 1.26 bits per heavy atom. The zero-order valence-electron chi connectivity index (χ0n) is 15.2. The lowest BCUT2D eigenvalue weighted by atomic mass is 10.1. The van der Waals surface area contributed by atoms with E-state index in [1.807, 2.05) is 30.1 Å². The van der Waals surface area contributed by atoms with Crippen molar-refractivity contribution < 1.29 is 4.79 Å². The van der Waals surface area contributed by atoms with Gasteiger partial charge >= 0.3 is 0 Å². The van der Waals surface area contributed by atoms with Gasteiger partial charge in [-0.1, -0.05) is 19.3 Å². The van der Waals surface area contributed by atoms with E-state index in [0.717, 1.165) is 17.6 Å². The maximum atomic E-state index is 12.4. The third-order valence-corrected chi connectivity index (χ3v) is 4.59. The molecule has 0 N–H and O–H groups in total. The maximum absolute atomic E-state index is 12.4. The van der Waals surface area contributed by atoms with Gasteiger partial charge in [-0.05, 0) is 19.4 Å². The average Bonchev–Trinajstić information content (AvgIpc) is 3.21. The minimum Gasteiger partial charge on any atom is -0.294 e. The van der Waals surface area contributed by atoms with E-state index in [4.69, 9.17) is 5.26 Å². The van der Waals surface area contributed by atoms with Crippen LogP contribution in [0, 0.1) is 17.2 Å². The van der Waals surface area contributed by atoms with E-state index in [1.165, 1.54) is 19.3 Å². The Balaban J connectivity index is 0.000000547. The van der Waals surface area contributed by atoms with Crippen LogP contribution in [0.1, 0.15) is 32.6 Å². The summed E-state index contributed by atoms with van der Waals surface area (Å²) in [4.78, 5) is 18.7. The molecule has 1 amide bonds. The summed E-state index contributed by atoms with van der Waals surface area (Å²) in [5.74, 6) is -0.257. The van der Waals surface area contributed by atoms with Crippen molar-refractivity contribution in [3.8, 4) is 17.3 Å². The number of carbonyl (C=O) groups is 1. The van der Waals surface area contributed by atoms with E-state index in [-0.39, 0.29) is 5.91 Å². The number of nitrogens with zero attached hydrogens (tertiary/aromatic N) is 7. The third kappa shape index (κ3) is 3.40. The van der Waals surface area contributed by atoms with E-state index < -0.39 is 5.92 Å². The van der Waals surface area contributed by atoms with Gasteiger partial charge in [0.15, 0.2) is 5.82 Å². The number of aryl methyl sites for hydroxylation is 1. The van der Waals surface area contributed by atoms with Crippen LogP contribution in [0.3, 0.4) is 0 Å². The molecular formula is C19H21N7O. The molecule has 3 aromatic heterocycles. The van der Waals surface area contributed by atoms with Crippen molar-refractivity contribution in [3.05, 3.63) is 30.9 Å². The third-order valence-electron chi connectivity index (χ3n) is 4.59. The molecule has 0 bridgehead atoms. The Hall–Kier alpha value is -3.21. The second kappa shape index (κ2) is 7.19. The highest BCUT2D eigenvalue weighted by molar-refractivity contribution is 6.01. The smallest absolute Gasteiger partial charge is 0.245 e. The lowest BCUT2D eigenvalue weighted by Gasteiger charge is -2.16. The van der Waals surface area contributed by atoms with Crippen LogP contribution < -0.4 is 4.90 Å².